The van der Waals surface area contributed by atoms with Gasteiger partial charge >= 0.3 is 6.18 Å². The van der Waals surface area contributed by atoms with Gasteiger partial charge in [0.1, 0.15) is 0 Å². The fourth-order valence-electron chi connectivity index (χ4n) is 1.99. The molecule has 5 nitrogen and oxygen atoms in total. The summed E-state index contributed by atoms with van der Waals surface area (Å²) in [6.45, 7) is 2.82. The van der Waals surface area contributed by atoms with Gasteiger partial charge in [0.05, 0.1) is 17.4 Å². The lowest BCUT2D eigenvalue weighted by Crippen LogP contribution is -2.21. The number of hydrogen-bond acceptors (Lipinski definition) is 5. The van der Waals surface area contributed by atoms with E-state index in [9.17, 15) is 13.2 Å². The Labute approximate surface area is 132 Å². The zero-order valence-electron chi connectivity index (χ0n) is 12.9. The molecule has 1 N–H and O–H groups in total. The van der Waals surface area contributed by atoms with E-state index in [-0.39, 0.29) is 11.5 Å². The van der Waals surface area contributed by atoms with E-state index in [1.165, 1.54) is 24.4 Å². The number of rotatable bonds is 6. The first-order valence-electron chi connectivity index (χ1n) is 7.26. The Morgan fingerprint density at radius 2 is 1.96 bits per heavy atom. The molecule has 0 fully saturated rings. The summed E-state index contributed by atoms with van der Waals surface area (Å²) in [5.41, 5.74) is -0.817. The smallest absolute Gasteiger partial charge is 0.343 e. The molecule has 0 aliphatic heterocycles. The average Bonchev–Trinajstić information content (AvgIpc) is 2.52. The molecular weight excluding hydrogens is 307 g/mol. The Hall–Kier alpha value is -2.38. The van der Waals surface area contributed by atoms with Crippen molar-refractivity contribution in [1.29, 1.82) is 0 Å². The SMILES string of the molecule is CCCCN(C)c1nncc(Nc2ccccc2C(F)(F)F)n1. The third kappa shape index (κ3) is 4.54. The van der Waals surface area contributed by atoms with Crippen LogP contribution in [0.2, 0.25) is 0 Å². The van der Waals surface area contributed by atoms with Crippen LogP contribution in [0.5, 0.6) is 0 Å². The summed E-state index contributed by atoms with van der Waals surface area (Å²) >= 11 is 0. The Balaban J connectivity index is 2.22. The quantitative estimate of drug-likeness (QED) is 0.874. The number of nitrogens with zero attached hydrogens (tertiary/aromatic N) is 4. The zero-order chi connectivity index (χ0) is 16.9. The Morgan fingerprint density at radius 3 is 2.65 bits per heavy atom. The highest BCUT2D eigenvalue weighted by atomic mass is 19.4. The summed E-state index contributed by atoms with van der Waals surface area (Å²) < 4.78 is 39.0. The molecule has 0 radical (unpaired) electrons. The fourth-order valence-corrected chi connectivity index (χ4v) is 1.99. The molecular formula is C15H18F3N5. The van der Waals surface area contributed by atoms with Crippen molar-refractivity contribution in [3.8, 4) is 0 Å². The molecule has 2 aromatic rings. The summed E-state index contributed by atoms with van der Waals surface area (Å²) in [5, 5.41) is 10.4. The number of hydrogen-bond donors (Lipinski definition) is 1. The van der Waals surface area contributed by atoms with Crippen LogP contribution in [-0.4, -0.2) is 28.8 Å². The number of unbranched alkanes of at least 4 members (excludes halogenated alkanes) is 1. The number of anilines is 3. The van der Waals surface area contributed by atoms with Crippen molar-refractivity contribution in [2.75, 3.05) is 23.8 Å². The second-order valence-electron chi connectivity index (χ2n) is 5.09. The van der Waals surface area contributed by atoms with Crippen LogP contribution in [0.1, 0.15) is 25.3 Å². The predicted molar refractivity (Wildman–Crippen MR) is 82.7 cm³/mol. The maximum atomic E-state index is 13.0. The molecule has 0 saturated carbocycles. The summed E-state index contributed by atoms with van der Waals surface area (Å²) in [6, 6.07) is 5.24. The Bertz CT molecular complexity index is 645. The first kappa shape index (κ1) is 17.0. The molecule has 23 heavy (non-hydrogen) atoms. The van der Waals surface area contributed by atoms with Crippen LogP contribution in [0, 0.1) is 0 Å². The van der Waals surface area contributed by atoms with E-state index in [0.717, 1.165) is 25.5 Å². The summed E-state index contributed by atoms with van der Waals surface area (Å²) in [7, 11) is 1.82. The fraction of sp³-hybridized carbons (Fsp3) is 0.400. The van der Waals surface area contributed by atoms with E-state index in [1.807, 2.05) is 11.9 Å². The molecule has 0 amide bonds. The normalized spacial score (nSPS) is 11.3. The molecule has 0 unspecified atom stereocenters. The maximum absolute atomic E-state index is 13.0. The van der Waals surface area contributed by atoms with Gasteiger partial charge in [-0.05, 0) is 18.6 Å². The van der Waals surface area contributed by atoms with Crippen LogP contribution in [-0.2, 0) is 6.18 Å². The van der Waals surface area contributed by atoms with E-state index in [1.54, 1.807) is 0 Å². The van der Waals surface area contributed by atoms with Gasteiger partial charge in [-0.25, -0.2) is 0 Å². The third-order valence-electron chi connectivity index (χ3n) is 3.23. The molecule has 8 heteroatoms. The van der Waals surface area contributed by atoms with E-state index < -0.39 is 11.7 Å². The van der Waals surface area contributed by atoms with Gasteiger partial charge in [-0.1, -0.05) is 25.5 Å². The molecule has 0 aliphatic carbocycles. The lowest BCUT2D eigenvalue weighted by Gasteiger charge is -2.17. The Morgan fingerprint density at radius 1 is 1.22 bits per heavy atom. The molecule has 124 valence electrons. The standard InChI is InChI=1S/C15H18F3N5/c1-3-4-9-23(2)14-21-13(10-19-22-14)20-12-8-6-5-7-11(12)15(16,17)18/h5-8,10H,3-4,9H2,1-2H3,(H,20,21,22). The first-order chi connectivity index (χ1) is 10.9. The minimum Gasteiger partial charge on any atom is -0.343 e. The highest BCUT2D eigenvalue weighted by Gasteiger charge is 2.33. The van der Waals surface area contributed by atoms with Crippen LogP contribution in [0.15, 0.2) is 30.5 Å². The zero-order valence-corrected chi connectivity index (χ0v) is 12.9. The highest BCUT2D eigenvalue weighted by Crippen LogP contribution is 2.35. The van der Waals surface area contributed by atoms with Crippen molar-refractivity contribution in [3.05, 3.63) is 36.0 Å². The van der Waals surface area contributed by atoms with E-state index in [4.69, 9.17) is 0 Å². The van der Waals surface area contributed by atoms with Gasteiger partial charge in [-0.15, -0.1) is 5.10 Å². The highest BCUT2D eigenvalue weighted by molar-refractivity contribution is 5.61. The van der Waals surface area contributed by atoms with Gasteiger partial charge in [-0.3, -0.25) is 0 Å². The first-order valence-corrected chi connectivity index (χ1v) is 7.26. The van der Waals surface area contributed by atoms with Gasteiger partial charge in [0.2, 0.25) is 5.95 Å². The molecule has 0 bridgehead atoms. The molecule has 2 rings (SSSR count). The van der Waals surface area contributed by atoms with Gasteiger partial charge < -0.3 is 10.2 Å². The monoisotopic (exact) mass is 325 g/mol. The number of para-hydroxylation sites is 1. The van der Waals surface area contributed by atoms with Crippen molar-refractivity contribution in [2.24, 2.45) is 0 Å². The summed E-state index contributed by atoms with van der Waals surface area (Å²) in [5.74, 6) is 0.586. The molecule has 1 heterocycles. The van der Waals surface area contributed by atoms with E-state index >= 15 is 0 Å². The average molecular weight is 325 g/mol. The predicted octanol–water partition coefficient (Wildman–Crippen LogP) is 3.87. The van der Waals surface area contributed by atoms with Crippen LogP contribution in [0.3, 0.4) is 0 Å². The number of aromatic nitrogens is 3. The third-order valence-corrected chi connectivity index (χ3v) is 3.23. The second kappa shape index (κ2) is 7.26. The number of benzene rings is 1. The van der Waals surface area contributed by atoms with Crippen molar-refractivity contribution in [1.82, 2.24) is 15.2 Å². The number of nitrogens with one attached hydrogen (secondary N) is 1. The van der Waals surface area contributed by atoms with Crippen LogP contribution in [0.4, 0.5) is 30.6 Å². The molecule has 1 aromatic carbocycles. The van der Waals surface area contributed by atoms with Gasteiger partial charge in [0.25, 0.3) is 0 Å². The number of halogens is 3. The van der Waals surface area contributed by atoms with Crippen LogP contribution < -0.4 is 10.2 Å². The van der Waals surface area contributed by atoms with Crippen molar-refractivity contribution < 1.29 is 13.2 Å². The Kier molecular flexibility index (Phi) is 5.36. The molecule has 0 atom stereocenters. The maximum Gasteiger partial charge on any atom is 0.418 e. The second-order valence-corrected chi connectivity index (χ2v) is 5.09. The van der Waals surface area contributed by atoms with Crippen LogP contribution in [0.25, 0.3) is 0 Å². The van der Waals surface area contributed by atoms with Gasteiger partial charge in [0, 0.05) is 13.6 Å². The van der Waals surface area contributed by atoms with E-state index in [0.29, 0.717) is 5.95 Å². The molecule has 0 spiro atoms. The minimum absolute atomic E-state index is 0.0670. The summed E-state index contributed by atoms with van der Waals surface area (Å²) in [6.07, 6.45) is -1.15. The molecule has 1 aromatic heterocycles. The molecule has 0 aliphatic rings. The largest absolute Gasteiger partial charge is 0.418 e. The van der Waals surface area contributed by atoms with Crippen molar-refractivity contribution in [2.45, 2.75) is 25.9 Å². The number of alkyl halides is 3. The minimum atomic E-state index is -4.44. The van der Waals surface area contributed by atoms with Gasteiger partial charge in [-0.2, -0.15) is 23.3 Å². The van der Waals surface area contributed by atoms with E-state index in [2.05, 4.69) is 27.4 Å². The molecule has 0 saturated heterocycles. The lowest BCUT2D eigenvalue weighted by molar-refractivity contribution is -0.136. The van der Waals surface area contributed by atoms with Crippen LogP contribution >= 0.6 is 0 Å². The topological polar surface area (TPSA) is 53.9 Å². The van der Waals surface area contributed by atoms with Crippen molar-refractivity contribution >= 4 is 17.5 Å². The van der Waals surface area contributed by atoms with Gasteiger partial charge in [0.15, 0.2) is 5.82 Å². The van der Waals surface area contributed by atoms with Crippen molar-refractivity contribution in [3.63, 3.8) is 0 Å². The summed E-state index contributed by atoms with van der Waals surface area (Å²) in [4.78, 5) is 6.03. The lowest BCUT2D eigenvalue weighted by atomic mass is 10.1.